The van der Waals surface area contributed by atoms with Gasteiger partial charge in [-0.25, -0.2) is 0 Å². The summed E-state index contributed by atoms with van der Waals surface area (Å²) in [6, 6.07) is 7.19. The maximum Gasteiger partial charge on any atom is -0.0279 e. The van der Waals surface area contributed by atoms with Crippen molar-refractivity contribution >= 4 is 0 Å². The number of rotatable bonds is 19. The van der Waals surface area contributed by atoms with E-state index in [1.165, 1.54) is 122 Å². The van der Waals surface area contributed by atoms with E-state index in [4.69, 9.17) is 0 Å². The van der Waals surface area contributed by atoms with Crippen LogP contribution < -0.4 is 0 Å². The number of hydrogen-bond acceptors (Lipinski definition) is 0. The van der Waals surface area contributed by atoms with Crippen molar-refractivity contribution < 1.29 is 0 Å². The van der Waals surface area contributed by atoms with Gasteiger partial charge in [0.25, 0.3) is 0 Å². The predicted octanol–water partition coefficient (Wildman–Crippen LogP) is 9.62. The molecule has 0 nitrogen and oxygen atoms in total. The van der Waals surface area contributed by atoms with Crippen LogP contribution in [0.1, 0.15) is 140 Å². The van der Waals surface area contributed by atoms with Crippen molar-refractivity contribution in [2.75, 3.05) is 0 Å². The lowest BCUT2D eigenvalue weighted by molar-refractivity contribution is 0.529. The molecule has 0 saturated carbocycles. The van der Waals surface area contributed by atoms with E-state index in [9.17, 15) is 0 Å². The zero-order valence-electron chi connectivity index (χ0n) is 19.7. The highest BCUT2D eigenvalue weighted by Gasteiger charge is 2.01. The lowest BCUT2D eigenvalue weighted by atomic mass is 9.97. The Balaban J connectivity index is 1.87. The maximum absolute atomic E-state index is 2.46. The Morgan fingerprint density at radius 1 is 0.464 bits per heavy atom. The van der Waals surface area contributed by atoms with Gasteiger partial charge >= 0.3 is 0 Å². The first-order valence-electron chi connectivity index (χ1n) is 12.9. The molecule has 1 rings (SSSR count). The quantitative estimate of drug-likeness (QED) is 0.208. The average Bonchev–Trinajstić information content (AvgIpc) is 2.73. The molecule has 0 fully saturated rings. The molecular weight excluding hydrogens is 336 g/mol. The SMILES string of the molecule is CCCCCCCCCCCCCCCCCCc1ccc(CC)c(CC)c1. The number of aryl methyl sites for hydroxylation is 3. The largest absolute Gasteiger partial charge is 0.0654 e. The molecule has 0 bridgehead atoms. The second kappa shape index (κ2) is 18.3. The summed E-state index contributed by atoms with van der Waals surface area (Å²) in [5.74, 6) is 0. The lowest BCUT2D eigenvalue weighted by Crippen LogP contribution is -1.94. The molecule has 1 aromatic carbocycles. The van der Waals surface area contributed by atoms with E-state index in [0.717, 1.165) is 0 Å². The molecule has 1 aromatic rings. The van der Waals surface area contributed by atoms with Gasteiger partial charge in [0.15, 0.2) is 0 Å². The summed E-state index contributed by atoms with van der Waals surface area (Å²) in [4.78, 5) is 0. The highest BCUT2D eigenvalue weighted by atomic mass is 14.1. The Kier molecular flexibility index (Phi) is 16.5. The fourth-order valence-electron chi connectivity index (χ4n) is 4.39. The van der Waals surface area contributed by atoms with Gasteiger partial charge in [-0.2, -0.15) is 0 Å². The third-order valence-electron chi connectivity index (χ3n) is 6.35. The van der Waals surface area contributed by atoms with E-state index in [2.05, 4.69) is 39.0 Å². The second-order valence-electron chi connectivity index (χ2n) is 8.86. The van der Waals surface area contributed by atoms with Gasteiger partial charge in [-0.05, 0) is 42.4 Å². The van der Waals surface area contributed by atoms with E-state index in [-0.39, 0.29) is 0 Å². The average molecular weight is 387 g/mol. The van der Waals surface area contributed by atoms with Crippen molar-refractivity contribution in [3.05, 3.63) is 34.9 Å². The predicted molar refractivity (Wildman–Crippen MR) is 128 cm³/mol. The standard InChI is InChI=1S/C28H50/c1-4-7-8-9-10-11-12-13-14-15-16-17-18-19-20-21-22-26-23-24-27(5-2)28(6-3)25-26/h23-25H,4-22H2,1-3H3. The first-order valence-corrected chi connectivity index (χ1v) is 12.9. The molecule has 0 atom stereocenters. The fourth-order valence-corrected chi connectivity index (χ4v) is 4.39. The van der Waals surface area contributed by atoms with Crippen molar-refractivity contribution in [1.82, 2.24) is 0 Å². The van der Waals surface area contributed by atoms with Crippen LogP contribution in [0.4, 0.5) is 0 Å². The van der Waals surface area contributed by atoms with Gasteiger partial charge in [-0.1, -0.05) is 135 Å². The van der Waals surface area contributed by atoms with Gasteiger partial charge in [0.2, 0.25) is 0 Å². The molecule has 0 radical (unpaired) electrons. The third kappa shape index (κ3) is 12.6. The van der Waals surface area contributed by atoms with Gasteiger partial charge in [0, 0.05) is 0 Å². The molecule has 0 heterocycles. The van der Waals surface area contributed by atoms with Crippen molar-refractivity contribution in [3.8, 4) is 0 Å². The van der Waals surface area contributed by atoms with Crippen LogP contribution in [0.2, 0.25) is 0 Å². The molecule has 0 aliphatic carbocycles. The summed E-state index contributed by atoms with van der Waals surface area (Å²) < 4.78 is 0. The second-order valence-corrected chi connectivity index (χ2v) is 8.86. The topological polar surface area (TPSA) is 0 Å². The van der Waals surface area contributed by atoms with Gasteiger partial charge in [0.05, 0.1) is 0 Å². The highest BCUT2D eigenvalue weighted by Crippen LogP contribution is 2.17. The smallest absolute Gasteiger partial charge is 0.0279 e. The Morgan fingerprint density at radius 2 is 0.893 bits per heavy atom. The molecule has 162 valence electrons. The van der Waals surface area contributed by atoms with Crippen LogP contribution in [-0.4, -0.2) is 0 Å². The molecule has 0 heteroatoms. The van der Waals surface area contributed by atoms with E-state index < -0.39 is 0 Å². The Labute approximate surface area is 177 Å². The molecule has 0 amide bonds. The first-order chi connectivity index (χ1) is 13.8. The fraction of sp³-hybridized carbons (Fsp3) is 0.786. The zero-order valence-corrected chi connectivity index (χ0v) is 19.7. The summed E-state index contributed by atoms with van der Waals surface area (Å²) in [6.45, 7) is 6.85. The summed E-state index contributed by atoms with van der Waals surface area (Å²) in [7, 11) is 0. The third-order valence-corrected chi connectivity index (χ3v) is 6.35. The minimum Gasteiger partial charge on any atom is -0.0654 e. The van der Waals surface area contributed by atoms with Crippen molar-refractivity contribution in [2.45, 2.75) is 143 Å². The molecule has 0 N–H and O–H groups in total. The minimum atomic E-state index is 1.17. The Bertz CT molecular complexity index is 459. The number of hydrogen-bond donors (Lipinski definition) is 0. The Morgan fingerprint density at radius 3 is 1.32 bits per heavy atom. The summed E-state index contributed by atoms with van der Waals surface area (Å²) >= 11 is 0. The van der Waals surface area contributed by atoms with E-state index in [1.807, 2.05) is 0 Å². The monoisotopic (exact) mass is 386 g/mol. The lowest BCUT2D eigenvalue weighted by Gasteiger charge is -2.09. The van der Waals surface area contributed by atoms with E-state index >= 15 is 0 Å². The van der Waals surface area contributed by atoms with Gasteiger partial charge in [-0.15, -0.1) is 0 Å². The molecule has 0 aliphatic heterocycles. The van der Waals surface area contributed by atoms with Crippen LogP contribution in [0.25, 0.3) is 0 Å². The van der Waals surface area contributed by atoms with Crippen molar-refractivity contribution in [3.63, 3.8) is 0 Å². The summed E-state index contributed by atoms with van der Waals surface area (Å²) in [6.07, 6.45) is 26.8. The summed E-state index contributed by atoms with van der Waals surface area (Å²) in [5, 5.41) is 0. The zero-order chi connectivity index (χ0) is 20.3. The van der Waals surface area contributed by atoms with Gasteiger partial charge in [0.1, 0.15) is 0 Å². The van der Waals surface area contributed by atoms with Crippen molar-refractivity contribution in [1.29, 1.82) is 0 Å². The molecule has 28 heavy (non-hydrogen) atoms. The van der Waals surface area contributed by atoms with Crippen LogP contribution in [0, 0.1) is 0 Å². The molecule has 0 saturated heterocycles. The number of benzene rings is 1. The Hall–Kier alpha value is -0.780. The van der Waals surface area contributed by atoms with Gasteiger partial charge < -0.3 is 0 Å². The summed E-state index contributed by atoms with van der Waals surface area (Å²) in [5.41, 5.74) is 4.66. The molecule has 0 spiro atoms. The molecule has 0 aliphatic rings. The minimum absolute atomic E-state index is 1.17. The number of unbranched alkanes of at least 4 members (excludes halogenated alkanes) is 15. The van der Waals surface area contributed by atoms with E-state index in [1.54, 1.807) is 16.7 Å². The normalized spacial score (nSPS) is 11.2. The maximum atomic E-state index is 2.46. The molecular formula is C28H50. The van der Waals surface area contributed by atoms with Crippen molar-refractivity contribution in [2.24, 2.45) is 0 Å². The van der Waals surface area contributed by atoms with Crippen LogP contribution in [-0.2, 0) is 19.3 Å². The van der Waals surface area contributed by atoms with Crippen LogP contribution in [0.5, 0.6) is 0 Å². The van der Waals surface area contributed by atoms with Crippen LogP contribution in [0.3, 0.4) is 0 Å². The highest BCUT2D eigenvalue weighted by molar-refractivity contribution is 5.32. The van der Waals surface area contributed by atoms with Crippen LogP contribution >= 0.6 is 0 Å². The van der Waals surface area contributed by atoms with E-state index in [0.29, 0.717) is 0 Å². The molecule has 0 unspecified atom stereocenters. The first kappa shape index (κ1) is 25.3. The van der Waals surface area contributed by atoms with Crippen LogP contribution in [0.15, 0.2) is 18.2 Å². The molecule has 0 aromatic heterocycles. The van der Waals surface area contributed by atoms with Gasteiger partial charge in [-0.3, -0.25) is 0 Å².